The van der Waals surface area contributed by atoms with E-state index in [2.05, 4.69) is 73.1 Å². The number of hydrogen-bond donors (Lipinski definition) is 0. The van der Waals surface area contributed by atoms with Gasteiger partial charge in [-0.05, 0) is 38.0 Å². The fraction of sp³-hybridized carbons (Fsp3) is 0.407. The van der Waals surface area contributed by atoms with Gasteiger partial charge in [-0.25, -0.2) is 4.79 Å². The number of piperazine rings is 1. The van der Waals surface area contributed by atoms with Crippen molar-refractivity contribution in [2.24, 2.45) is 0 Å². The number of carbonyl (C=O) groups is 2. The molecule has 1 aliphatic rings. The third-order valence-corrected chi connectivity index (χ3v) is 6.55. The highest BCUT2D eigenvalue weighted by Gasteiger charge is 2.28. The molecule has 1 aliphatic heterocycles. The van der Waals surface area contributed by atoms with Crippen LogP contribution in [0.2, 0.25) is 0 Å². The molecule has 174 valence electrons. The minimum Gasteiger partial charge on any atom is -0.450 e. The average Bonchev–Trinajstić information content (AvgIpc) is 3.22. The van der Waals surface area contributed by atoms with Gasteiger partial charge in [0.05, 0.1) is 6.61 Å². The van der Waals surface area contributed by atoms with E-state index >= 15 is 0 Å². The molecule has 1 atom stereocenters. The Hall–Kier alpha value is -3.28. The molecule has 3 aromatic rings. The number of aromatic nitrogens is 1. The molecule has 6 nitrogen and oxygen atoms in total. The summed E-state index contributed by atoms with van der Waals surface area (Å²) in [5.41, 5.74) is 4.74. The van der Waals surface area contributed by atoms with Crippen molar-refractivity contribution in [2.45, 2.75) is 39.7 Å². The third kappa shape index (κ3) is 4.90. The molecule has 0 aliphatic carbocycles. The van der Waals surface area contributed by atoms with E-state index < -0.39 is 0 Å². The first kappa shape index (κ1) is 22.9. The first-order valence-corrected chi connectivity index (χ1v) is 11.9. The maximum Gasteiger partial charge on any atom is 0.409 e. The molecule has 4 rings (SSSR count). The van der Waals surface area contributed by atoms with E-state index in [1.807, 2.05) is 4.90 Å². The molecule has 6 heteroatoms. The van der Waals surface area contributed by atoms with Crippen LogP contribution in [0.15, 0.2) is 54.7 Å². The summed E-state index contributed by atoms with van der Waals surface area (Å²) in [7, 11) is 0. The van der Waals surface area contributed by atoms with Gasteiger partial charge in [0.25, 0.3) is 0 Å². The maximum atomic E-state index is 13.4. The van der Waals surface area contributed by atoms with Crippen LogP contribution in [-0.2, 0) is 16.1 Å². The number of amides is 2. The molecule has 1 aromatic heterocycles. The number of ether oxygens (including phenoxy) is 1. The van der Waals surface area contributed by atoms with E-state index in [1.165, 1.54) is 22.0 Å². The number of nitrogens with zero attached hydrogens (tertiary/aromatic N) is 3. The summed E-state index contributed by atoms with van der Waals surface area (Å²) in [6.45, 7) is 9.36. The first-order chi connectivity index (χ1) is 16.0. The fourth-order valence-corrected chi connectivity index (χ4v) is 4.68. The average molecular weight is 448 g/mol. The van der Waals surface area contributed by atoms with E-state index in [0.29, 0.717) is 39.2 Å². The molecule has 1 fully saturated rings. The Morgan fingerprint density at radius 3 is 2.27 bits per heavy atom. The summed E-state index contributed by atoms with van der Waals surface area (Å²) in [6, 6.07) is 16.9. The quantitative estimate of drug-likeness (QED) is 0.546. The monoisotopic (exact) mass is 447 g/mol. The second kappa shape index (κ2) is 10.1. The number of carbonyl (C=O) groups excluding carboxylic acids is 2. The number of rotatable bonds is 6. The molecule has 2 amide bonds. The lowest BCUT2D eigenvalue weighted by atomic mass is 9.87. The SMILES string of the molecule is CCOC(=O)N1CCN(C(=O)CC(c2ccc(C)cc2)c2cn(CC)c3ccccc23)CC1. The van der Waals surface area contributed by atoms with E-state index in [-0.39, 0.29) is 17.9 Å². The summed E-state index contributed by atoms with van der Waals surface area (Å²) >= 11 is 0. The fourth-order valence-electron chi connectivity index (χ4n) is 4.68. The predicted molar refractivity (Wildman–Crippen MR) is 130 cm³/mol. The Balaban J connectivity index is 1.59. The second-order valence-electron chi connectivity index (χ2n) is 8.62. The Morgan fingerprint density at radius 2 is 1.61 bits per heavy atom. The van der Waals surface area contributed by atoms with Gasteiger partial charge in [0, 0.05) is 62.2 Å². The van der Waals surface area contributed by atoms with E-state index in [1.54, 1.807) is 11.8 Å². The molecule has 1 unspecified atom stereocenters. The van der Waals surface area contributed by atoms with Crippen molar-refractivity contribution in [1.29, 1.82) is 0 Å². The van der Waals surface area contributed by atoms with E-state index in [4.69, 9.17) is 4.74 Å². The molecule has 0 N–H and O–H groups in total. The number of benzene rings is 2. The van der Waals surface area contributed by atoms with Gasteiger partial charge in [0.2, 0.25) is 5.91 Å². The largest absolute Gasteiger partial charge is 0.450 e. The van der Waals surface area contributed by atoms with Gasteiger partial charge in [0.1, 0.15) is 0 Å². The normalized spacial score (nSPS) is 15.0. The molecule has 33 heavy (non-hydrogen) atoms. The van der Waals surface area contributed by atoms with Gasteiger partial charge in [-0.1, -0.05) is 48.0 Å². The summed E-state index contributed by atoms with van der Waals surface area (Å²) in [5.74, 6) is 0.0938. The molecule has 0 radical (unpaired) electrons. The summed E-state index contributed by atoms with van der Waals surface area (Å²) in [6.07, 6.45) is 2.32. The van der Waals surface area contributed by atoms with Crippen LogP contribution in [-0.4, -0.2) is 59.2 Å². The highest BCUT2D eigenvalue weighted by molar-refractivity contribution is 5.87. The van der Waals surface area contributed by atoms with Crippen LogP contribution in [0.25, 0.3) is 10.9 Å². The third-order valence-electron chi connectivity index (χ3n) is 6.55. The van der Waals surface area contributed by atoms with Crippen LogP contribution in [0.5, 0.6) is 0 Å². The van der Waals surface area contributed by atoms with Crippen LogP contribution in [0, 0.1) is 6.92 Å². The summed E-state index contributed by atoms with van der Waals surface area (Å²) < 4.78 is 7.36. The number of fused-ring (bicyclic) bond motifs is 1. The molecule has 2 aromatic carbocycles. The zero-order valence-electron chi connectivity index (χ0n) is 19.8. The predicted octanol–water partition coefficient (Wildman–Crippen LogP) is 4.79. The summed E-state index contributed by atoms with van der Waals surface area (Å²) in [5, 5.41) is 1.20. The Labute approximate surface area is 195 Å². The van der Waals surface area contributed by atoms with Gasteiger partial charge in [-0.3, -0.25) is 4.79 Å². The van der Waals surface area contributed by atoms with Gasteiger partial charge in [-0.15, -0.1) is 0 Å². The molecule has 1 saturated heterocycles. The minimum absolute atomic E-state index is 0.0288. The van der Waals surface area contributed by atoms with E-state index in [0.717, 1.165) is 12.1 Å². The first-order valence-electron chi connectivity index (χ1n) is 11.9. The van der Waals surface area contributed by atoms with Crippen molar-refractivity contribution in [3.63, 3.8) is 0 Å². The zero-order chi connectivity index (χ0) is 23.4. The lowest BCUT2D eigenvalue weighted by molar-refractivity contribution is -0.133. The molecule has 2 heterocycles. The van der Waals surface area contributed by atoms with Crippen LogP contribution in [0.4, 0.5) is 4.79 Å². The molecular formula is C27H33N3O3. The number of hydrogen-bond acceptors (Lipinski definition) is 3. The van der Waals surface area contributed by atoms with Crippen molar-refractivity contribution in [2.75, 3.05) is 32.8 Å². The molecule has 0 spiro atoms. The van der Waals surface area contributed by atoms with Crippen LogP contribution in [0.3, 0.4) is 0 Å². The second-order valence-corrected chi connectivity index (χ2v) is 8.62. The smallest absolute Gasteiger partial charge is 0.409 e. The lowest BCUT2D eigenvalue weighted by Gasteiger charge is -2.34. The van der Waals surface area contributed by atoms with Gasteiger partial charge < -0.3 is 19.1 Å². The highest BCUT2D eigenvalue weighted by atomic mass is 16.6. The Morgan fingerprint density at radius 1 is 0.939 bits per heavy atom. The van der Waals surface area contributed by atoms with Crippen molar-refractivity contribution in [3.05, 3.63) is 71.4 Å². The van der Waals surface area contributed by atoms with Crippen LogP contribution < -0.4 is 0 Å². The highest BCUT2D eigenvalue weighted by Crippen LogP contribution is 2.35. The Kier molecular flexibility index (Phi) is 7.02. The minimum atomic E-state index is -0.297. The molecule has 0 saturated carbocycles. The Bertz CT molecular complexity index is 1110. The van der Waals surface area contributed by atoms with Crippen LogP contribution >= 0.6 is 0 Å². The maximum absolute atomic E-state index is 13.4. The van der Waals surface area contributed by atoms with E-state index in [9.17, 15) is 9.59 Å². The van der Waals surface area contributed by atoms with Gasteiger partial charge in [0.15, 0.2) is 0 Å². The molecular weight excluding hydrogens is 414 g/mol. The van der Waals surface area contributed by atoms with Crippen molar-refractivity contribution in [1.82, 2.24) is 14.4 Å². The topological polar surface area (TPSA) is 54.8 Å². The van der Waals surface area contributed by atoms with Gasteiger partial charge >= 0.3 is 6.09 Å². The molecule has 0 bridgehead atoms. The van der Waals surface area contributed by atoms with Gasteiger partial charge in [-0.2, -0.15) is 0 Å². The van der Waals surface area contributed by atoms with Crippen molar-refractivity contribution < 1.29 is 14.3 Å². The summed E-state index contributed by atoms with van der Waals surface area (Å²) in [4.78, 5) is 29.0. The standard InChI is InChI=1S/C27H33N3O3/c1-4-28-19-24(22-8-6-7-9-25(22)28)23(21-12-10-20(3)11-13-21)18-26(31)29-14-16-30(17-15-29)27(32)33-5-2/h6-13,19,23H,4-5,14-18H2,1-3H3. The van der Waals surface area contributed by atoms with Crippen LogP contribution in [0.1, 0.15) is 42.9 Å². The number of para-hydroxylation sites is 1. The van der Waals surface area contributed by atoms with Crippen molar-refractivity contribution >= 4 is 22.9 Å². The number of aryl methyl sites for hydroxylation is 2. The zero-order valence-corrected chi connectivity index (χ0v) is 19.8. The van der Waals surface area contributed by atoms with Crippen molar-refractivity contribution in [3.8, 4) is 0 Å². The lowest BCUT2D eigenvalue weighted by Crippen LogP contribution is -2.50.